The molecule has 0 amide bonds. The molecule has 3 N–H and O–H groups in total. The summed E-state index contributed by atoms with van der Waals surface area (Å²) >= 11 is 0. The number of H-pyrrole nitrogens is 1. The molecule has 0 bridgehead atoms. The van der Waals surface area contributed by atoms with Crippen molar-refractivity contribution in [1.82, 2.24) is 15.0 Å². The maximum absolute atomic E-state index is 12.9. The Kier molecular flexibility index (Phi) is 4.25. The molecule has 0 aliphatic rings. The average Bonchev–Trinajstić information content (AvgIpc) is 2.77. The van der Waals surface area contributed by atoms with Crippen LogP contribution in [0.4, 0.5) is 19.0 Å². The summed E-state index contributed by atoms with van der Waals surface area (Å²) in [6.07, 6.45) is -3.88. The van der Waals surface area contributed by atoms with Crippen LogP contribution in [0.15, 0.2) is 6.07 Å². The van der Waals surface area contributed by atoms with Crippen LogP contribution in [0.2, 0.25) is 0 Å². The average molecular weight is 316 g/mol. The van der Waals surface area contributed by atoms with E-state index in [1.807, 2.05) is 0 Å². The third kappa shape index (κ3) is 3.29. The Bertz CT molecular complexity index is 696. The van der Waals surface area contributed by atoms with Gasteiger partial charge in [0.2, 0.25) is 5.82 Å². The van der Waals surface area contributed by atoms with Gasteiger partial charge in [-0.2, -0.15) is 13.2 Å². The van der Waals surface area contributed by atoms with Crippen molar-refractivity contribution >= 4 is 22.8 Å². The predicted octanol–water partition coefficient (Wildman–Crippen LogP) is 2.95. The maximum atomic E-state index is 12.9. The van der Waals surface area contributed by atoms with Crippen LogP contribution in [0, 0.1) is 6.92 Å². The van der Waals surface area contributed by atoms with E-state index in [1.165, 1.54) is 0 Å². The number of carboxylic acids is 1. The van der Waals surface area contributed by atoms with Crippen LogP contribution in [-0.2, 0) is 11.0 Å². The van der Waals surface area contributed by atoms with Crippen molar-refractivity contribution in [3.8, 4) is 0 Å². The van der Waals surface area contributed by atoms with Crippen LogP contribution in [0.3, 0.4) is 0 Å². The number of aryl methyl sites for hydroxylation is 1. The van der Waals surface area contributed by atoms with Gasteiger partial charge in [0.05, 0.1) is 5.39 Å². The lowest BCUT2D eigenvalue weighted by atomic mass is 10.1. The fourth-order valence-electron chi connectivity index (χ4n) is 2.09. The topological polar surface area (TPSA) is 90.9 Å². The minimum atomic E-state index is -4.72. The number of alkyl halides is 3. The van der Waals surface area contributed by atoms with Gasteiger partial charge in [0.1, 0.15) is 17.5 Å². The number of hydrogen-bond acceptors (Lipinski definition) is 4. The highest BCUT2D eigenvalue weighted by molar-refractivity contribution is 5.90. The molecule has 2 rings (SSSR count). The van der Waals surface area contributed by atoms with E-state index in [-0.39, 0.29) is 17.9 Å². The van der Waals surface area contributed by atoms with E-state index in [0.29, 0.717) is 17.5 Å². The Morgan fingerprint density at radius 1 is 1.45 bits per heavy atom. The monoisotopic (exact) mass is 316 g/mol. The lowest BCUT2D eigenvalue weighted by molar-refractivity contribution is -0.144. The summed E-state index contributed by atoms with van der Waals surface area (Å²) in [6, 6.07) is 0.558. The number of aromatic amines is 1. The number of rotatable bonds is 5. The summed E-state index contributed by atoms with van der Waals surface area (Å²) in [5.41, 5.74) is 0.622. The van der Waals surface area contributed by atoms with Crippen molar-refractivity contribution in [2.75, 3.05) is 5.32 Å². The fraction of sp³-hybridized carbons (Fsp3) is 0.462. The molecule has 0 radical (unpaired) electrons. The molecule has 1 unspecified atom stereocenters. The van der Waals surface area contributed by atoms with Crippen LogP contribution in [0.25, 0.3) is 11.0 Å². The highest BCUT2D eigenvalue weighted by Crippen LogP contribution is 2.30. The van der Waals surface area contributed by atoms with Crippen LogP contribution in [0.1, 0.15) is 31.3 Å². The number of hydrogen-bond donors (Lipinski definition) is 3. The standard InChI is InChI=1S/C13H15F3N4O2/c1-3-4-8(11(21)22)18-10-7-5-6(2)17-9(7)19-12(20-10)13(14,15)16/h5,8H,3-4H2,1-2H3,(H,21,22)(H2,17,18,19,20). The van der Waals surface area contributed by atoms with Gasteiger partial charge in [-0.1, -0.05) is 13.3 Å². The number of nitrogens with one attached hydrogen (secondary N) is 2. The molecular weight excluding hydrogens is 301 g/mol. The molecule has 1 atom stereocenters. The van der Waals surface area contributed by atoms with Crippen LogP contribution in [0.5, 0.6) is 0 Å². The summed E-state index contributed by atoms with van der Waals surface area (Å²) in [6.45, 7) is 3.45. The summed E-state index contributed by atoms with van der Waals surface area (Å²) in [7, 11) is 0. The molecule has 2 aromatic rings. The van der Waals surface area contributed by atoms with Crippen LogP contribution >= 0.6 is 0 Å². The molecule has 9 heteroatoms. The van der Waals surface area contributed by atoms with E-state index in [1.54, 1.807) is 19.9 Å². The van der Waals surface area contributed by atoms with Crippen molar-refractivity contribution in [1.29, 1.82) is 0 Å². The first-order valence-electron chi connectivity index (χ1n) is 6.66. The van der Waals surface area contributed by atoms with E-state index in [2.05, 4.69) is 20.3 Å². The lowest BCUT2D eigenvalue weighted by Crippen LogP contribution is -2.30. The SMILES string of the molecule is CCCC(Nc1nc(C(F)(F)F)nc2[nH]c(C)cc12)C(=O)O. The highest BCUT2D eigenvalue weighted by atomic mass is 19.4. The molecule has 0 spiro atoms. The van der Waals surface area contributed by atoms with Gasteiger partial charge in [-0.3, -0.25) is 0 Å². The number of aromatic nitrogens is 3. The number of fused-ring (bicyclic) bond motifs is 1. The Hall–Kier alpha value is -2.32. The van der Waals surface area contributed by atoms with Gasteiger partial charge in [-0.05, 0) is 19.4 Å². The Balaban J connectivity index is 2.52. The first-order chi connectivity index (χ1) is 10.2. The first-order valence-corrected chi connectivity index (χ1v) is 6.66. The first kappa shape index (κ1) is 16.1. The smallest absolute Gasteiger partial charge is 0.451 e. The number of aliphatic carboxylic acids is 1. The highest BCUT2D eigenvalue weighted by Gasteiger charge is 2.36. The molecule has 22 heavy (non-hydrogen) atoms. The zero-order chi connectivity index (χ0) is 16.5. The van der Waals surface area contributed by atoms with E-state index in [0.717, 1.165) is 0 Å². The largest absolute Gasteiger partial charge is 0.480 e. The molecule has 0 saturated heterocycles. The van der Waals surface area contributed by atoms with E-state index in [9.17, 15) is 18.0 Å². The van der Waals surface area contributed by atoms with Gasteiger partial charge in [-0.15, -0.1) is 0 Å². The van der Waals surface area contributed by atoms with Gasteiger partial charge >= 0.3 is 12.1 Å². The number of carbonyl (C=O) groups is 1. The van der Waals surface area contributed by atoms with Gasteiger partial charge in [0.25, 0.3) is 0 Å². The number of carboxylic acid groups (broad SMARTS) is 1. The third-order valence-electron chi connectivity index (χ3n) is 3.06. The zero-order valence-corrected chi connectivity index (χ0v) is 12.0. The molecule has 6 nitrogen and oxygen atoms in total. The van der Waals surface area contributed by atoms with E-state index < -0.39 is 24.0 Å². The summed E-state index contributed by atoms with van der Waals surface area (Å²) in [5.74, 6) is -2.60. The van der Waals surface area contributed by atoms with Gasteiger partial charge in [0, 0.05) is 5.69 Å². The third-order valence-corrected chi connectivity index (χ3v) is 3.06. The molecular formula is C13H15F3N4O2. The maximum Gasteiger partial charge on any atom is 0.451 e. The molecule has 0 aliphatic carbocycles. The predicted molar refractivity (Wildman–Crippen MR) is 73.6 cm³/mol. The summed E-state index contributed by atoms with van der Waals surface area (Å²) < 4.78 is 38.6. The Morgan fingerprint density at radius 3 is 2.68 bits per heavy atom. The molecule has 2 heterocycles. The molecule has 120 valence electrons. The Labute approximate surface area is 123 Å². The van der Waals surface area contributed by atoms with Gasteiger partial charge in [-0.25, -0.2) is 14.8 Å². The normalized spacial score (nSPS) is 13.3. The minimum absolute atomic E-state index is 0.0166. The van der Waals surface area contributed by atoms with Crippen molar-refractivity contribution in [2.45, 2.75) is 38.9 Å². The Morgan fingerprint density at radius 2 is 2.14 bits per heavy atom. The minimum Gasteiger partial charge on any atom is -0.480 e. The van der Waals surface area contributed by atoms with Gasteiger partial charge in [0.15, 0.2) is 0 Å². The van der Waals surface area contributed by atoms with Gasteiger partial charge < -0.3 is 15.4 Å². The van der Waals surface area contributed by atoms with Crippen LogP contribution < -0.4 is 5.32 Å². The molecule has 0 fully saturated rings. The van der Waals surface area contributed by atoms with Crippen molar-refractivity contribution in [2.24, 2.45) is 0 Å². The fourth-order valence-corrected chi connectivity index (χ4v) is 2.09. The second-order valence-electron chi connectivity index (χ2n) is 4.93. The van der Waals surface area contributed by atoms with Crippen molar-refractivity contribution in [3.05, 3.63) is 17.6 Å². The van der Waals surface area contributed by atoms with Crippen molar-refractivity contribution < 1.29 is 23.1 Å². The zero-order valence-electron chi connectivity index (χ0n) is 12.0. The van der Waals surface area contributed by atoms with E-state index >= 15 is 0 Å². The summed E-state index contributed by atoms with van der Waals surface area (Å²) in [4.78, 5) is 20.8. The van der Waals surface area contributed by atoms with Crippen molar-refractivity contribution in [3.63, 3.8) is 0 Å². The number of anilines is 1. The summed E-state index contributed by atoms with van der Waals surface area (Å²) in [5, 5.41) is 12.0. The second-order valence-corrected chi connectivity index (χ2v) is 4.93. The number of nitrogens with zero attached hydrogens (tertiary/aromatic N) is 2. The molecule has 0 saturated carbocycles. The second kappa shape index (κ2) is 5.82. The molecule has 0 aromatic carbocycles. The lowest BCUT2D eigenvalue weighted by Gasteiger charge is -2.16. The molecule has 0 aliphatic heterocycles. The quantitative estimate of drug-likeness (QED) is 0.789. The van der Waals surface area contributed by atoms with E-state index in [4.69, 9.17) is 5.11 Å². The number of halogens is 3. The molecule has 2 aromatic heterocycles. The van der Waals surface area contributed by atoms with Crippen LogP contribution in [-0.4, -0.2) is 32.1 Å².